The highest BCUT2D eigenvalue weighted by Crippen LogP contribution is 2.37. The summed E-state index contributed by atoms with van der Waals surface area (Å²) >= 11 is 6.27. The van der Waals surface area contributed by atoms with Crippen molar-refractivity contribution in [1.82, 2.24) is 0 Å². The highest BCUT2D eigenvalue weighted by molar-refractivity contribution is 6.34. The smallest absolute Gasteiger partial charge is 0.340 e. The number of nitrogens with one attached hydrogen (secondary N) is 1. The van der Waals surface area contributed by atoms with Crippen molar-refractivity contribution in [1.29, 1.82) is 0 Å². The number of anilines is 2. The van der Waals surface area contributed by atoms with Crippen LogP contribution in [-0.4, -0.2) is 18.1 Å². The predicted octanol–water partition coefficient (Wildman–Crippen LogP) is 3.84. The molecule has 1 fully saturated rings. The number of benzene rings is 1. The average molecular weight is 297 g/mol. The molecular weight excluding hydrogens is 276 g/mol. The van der Waals surface area contributed by atoms with Gasteiger partial charge in [0.2, 0.25) is 0 Å². The van der Waals surface area contributed by atoms with Crippen LogP contribution in [0.15, 0.2) is 12.1 Å². The zero-order chi connectivity index (χ0) is 14.8. The highest BCUT2D eigenvalue weighted by Gasteiger charge is 2.30. The molecule has 20 heavy (non-hydrogen) atoms. The number of carbonyl (C=O) groups is 1. The Morgan fingerprint density at radius 2 is 2.10 bits per heavy atom. The van der Waals surface area contributed by atoms with Gasteiger partial charge in [0.15, 0.2) is 0 Å². The second kappa shape index (κ2) is 5.92. The van der Waals surface area contributed by atoms with Gasteiger partial charge in [-0.3, -0.25) is 0 Å². The maximum absolute atomic E-state index is 12.1. The van der Waals surface area contributed by atoms with E-state index in [4.69, 9.17) is 22.1 Å². The van der Waals surface area contributed by atoms with Crippen molar-refractivity contribution in [2.75, 3.05) is 17.7 Å². The van der Waals surface area contributed by atoms with Gasteiger partial charge in [0, 0.05) is 11.2 Å². The number of hydrogen-bond donors (Lipinski definition) is 2. The summed E-state index contributed by atoms with van der Waals surface area (Å²) in [6.45, 7) is 4.25. The van der Waals surface area contributed by atoms with E-state index < -0.39 is 5.97 Å². The van der Waals surface area contributed by atoms with Gasteiger partial charge >= 0.3 is 5.97 Å². The van der Waals surface area contributed by atoms with Crippen LogP contribution in [-0.2, 0) is 4.74 Å². The molecule has 1 aliphatic carbocycles. The molecule has 0 bridgehead atoms. The van der Waals surface area contributed by atoms with Crippen molar-refractivity contribution in [3.05, 3.63) is 22.7 Å². The van der Waals surface area contributed by atoms with E-state index in [1.165, 1.54) is 12.8 Å². The highest BCUT2D eigenvalue weighted by atomic mass is 35.5. The van der Waals surface area contributed by atoms with E-state index in [2.05, 4.69) is 12.2 Å². The van der Waals surface area contributed by atoms with Crippen molar-refractivity contribution < 1.29 is 9.53 Å². The second-order valence-electron chi connectivity index (χ2n) is 5.54. The van der Waals surface area contributed by atoms with Crippen LogP contribution < -0.4 is 11.1 Å². The molecule has 110 valence electrons. The molecular formula is C15H21ClN2O2. The molecule has 0 heterocycles. The van der Waals surface area contributed by atoms with Gasteiger partial charge in [0.05, 0.1) is 22.9 Å². The normalized spacial score (nSPS) is 16.9. The Balaban J connectivity index is 2.37. The van der Waals surface area contributed by atoms with Gasteiger partial charge in [-0.25, -0.2) is 4.79 Å². The molecule has 1 saturated carbocycles. The van der Waals surface area contributed by atoms with E-state index in [0.29, 0.717) is 28.6 Å². The van der Waals surface area contributed by atoms with Crippen LogP contribution in [0.3, 0.4) is 0 Å². The van der Waals surface area contributed by atoms with Gasteiger partial charge in [-0.2, -0.15) is 0 Å². The van der Waals surface area contributed by atoms with Crippen LogP contribution in [0.2, 0.25) is 5.02 Å². The van der Waals surface area contributed by atoms with Crippen LogP contribution >= 0.6 is 11.6 Å². The van der Waals surface area contributed by atoms with Crippen molar-refractivity contribution in [3.8, 4) is 0 Å². The summed E-state index contributed by atoms with van der Waals surface area (Å²) in [4.78, 5) is 12.1. The minimum Gasteiger partial charge on any atom is -0.462 e. The van der Waals surface area contributed by atoms with E-state index in [0.717, 1.165) is 12.8 Å². The first-order valence-electron chi connectivity index (χ1n) is 6.99. The quantitative estimate of drug-likeness (QED) is 0.654. The summed E-state index contributed by atoms with van der Waals surface area (Å²) in [5, 5.41) is 3.89. The van der Waals surface area contributed by atoms with Gasteiger partial charge in [0.25, 0.3) is 0 Å². The first-order valence-corrected chi connectivity index (χ1v) is 7.37. The predicted molar refractivity (Wildman–Crippen MR) is 82.3 cm³/mol. The van der Waals surface area contributed by atoms with Gasteiger partial charge in [-0.15, -0.1) is 0 Å². The fourth-order valence-corrected chi connectivity index (χ4v) is 2.98. The summed E-state index contributed by atoms with van der Waals surface area (Å²) in [6.07, 6.45) is 4.50. The lowest BCUT2D eigenvalue weighted by molar-refractivity contribution is 0.0527. The number of rotatable bonds is 4. The van der Waals surface area contributed by atoms with Crippen LogP contribution in [0, 0.1) is 0 Å². The van der Waals surface area contributed by atoms with E-state index in [1.807, 2.05) is 0 Å². The summed E-state index contributed by atoms with van der Waals surface area (Å²) in [5.74, 6) is -0.397. The Labute approximate surface area is 124 Å². The van der Waals surface area contributed by atoms with E-state index in [1.54, 1.807) is 19.1 Å². The Morgan fingerprint density at radius 1 is 1.45 bits per heavy atom. The number of ether oxygens (including phenoxy) is 1. The Hall–Kier alpha value is -1.42. The minimum atomic E-state index is -0.397. The first-order chi connectivity index (χ1) is 9.45. The number of hydrogen-bond acceptors (Lipinski definition) is 4. The molecule has 1 aromatic rings. The molecule has 3 N–H and O–H groups in total. The average Bonchev–Trinajstić information content (AvgIpc) is 2.79. The first kappa shape index (κ1) is 15.0. The zero-order valence-corrected chi connectivity index (χ0v) is 12.7. The lowest BCUT2D eigenvalue weighted by atomic mass is 9.99. The summed E-state index contributed by atoms with van der Waals surface area (Å²) in [7, 11) is 0. The molecule has 1 aliphatic rings. The lowest BCUT2D eigenvalue weighted by Crippen LogP contribution is -2.32. The van der Waals surface area contributed by atoms with Crippen molar-refractivity contribution in [3.63, 3.8) is 0 Å². The number of halogens is 1. The van der Waals surface area contributed by atoms with Crippen LogP contribution in [0.5, 0.6) is 0 Å². The molecule has 4 nitrogen and oxygen atoms in total. The summed E-state index contributed by atoms with van der Waals surface area (Å²) in [5.41, 5.74) is 7.25. The zero-order valence-electron chi connectivity index (χ0n) is 12.0. The lowest BCUT2D eigenvalue weighted by Gasteiger charge is -2.28. The second-order valence-corrected chi connectivity index (χ2v) is 5.95. The number of nitrogens with two attached hydrogens (primary N) is 1. The third kappa shape index (κ3) is 3.18. The largest absolute Gasteiger partial charge is 0.462 e. The molecule has 0 aromatic heterocycles. The van der Waals surface area contributed by atoms with Crippen LogP contribution in [0.1, 0.15) is 49.9 Å². The monoisotopic (exact) mass is 296 g/mol. The summed E-state index contributed by atoms with van der Waals surface area (Å²) < 4.78 is 5.08. The molecule has 2 rings (SSSR count). The molecule has 0 unspecified atom stereocenters. The summed E-state index contributed by atoms with van der Waals surface area (Å²) in [6, 6.07) is 3.27. The van der Waals surface area contributed by atoms with Gasteiger partial charge in [-0.05, 0) is 38.8 Å². The standard InChI is InChI=1S/C15H21ClN2O2/c1-3-20-14(19)11-8-10(17)9-12(16)13(11)18-15(2)6-4-5-7-15/h8-9,18H,3-7,17H2,1-2H3. The van der Waals surface area contributed by atoms with Crippen molar-refractivity contribution >= 4 is 28.9 Å². The van der Waals surface area contributed by atoms with E-state index in [-0.39, 0.29) is 5.54 Å². The Morgan fingerprint density at radius 3 is 2.70 bits per heavy atom. The van der Waals surface area contributed by atoms with Crippen molar-refractivity contribution in [2.45, 2.75) is 45.1 Å². The topological polar surface area (TPSA) is 64.3 Å². The maximum Gasteiger partial charge on any atom is 0.340 e. The third-order valence-corrected chi connectivity index (χ3v) is 4.04. The maximum atomic E-state index is 12.1. The minimum absolute atomic E-state index is 0.0268. The number of carbonyl (C=O) groups excluding carboxylic acids is 1. The molecule has 1 aromatic carbocycles. The Bertz CT molecular complexity index is 511. The van der Waals surface area contributed by atoms with Crippen LogP contribution in [0.4, 0.5) is 11.4 Å². The van der Waals surface area contributed by atoms with Gasteiger partial charge in [0.1, 0.15) is 0 Å². The fraction of sp³-hybridized carbons (Fsp3) is 0.533. The molecule has 0 atom stereocenters. The Kier molecular flexibility index (Phi) is 4.43. The molecule has 0 aliphatic heterocycles. The SMILES string of the molecule is CCOC(=O)c1cc(N)cc(Cl)c1NC1(C)CCCC1. The number of nitrogen functional groups attached to an aromatic ring is 1. The molecule has 0 radical (unpaired) electrons. The van der Waals surface area contributed by atoms with Gasteiger partial charge in [-0.1, -0.05) is 24.4 Å². The molecule has 0 saturated heterocycles. The van der Waals surface area contributed by atoms with Gasteiger partial charge < -0.3 is 15.8 Å². The van der Waals surface area contributed by atoms with Crippen LogP contribution in [0.25, 0.3) is 0 Å². The third-order valence-electron chi connectivity index (χ3n) is 3.74. The molecule has 0 spiro atoms. The van der Waals surface area contributed by atoms with E-state index in [9.17, 15) is 4.79 Å². The molecule has 5 heteroatoms. The number of esters is 1. The fourth-order valence-electron chi connectivity index (χ4n) is 2.71. The van der Waals surface area contributed by atoms with Crippen molar-refractivity contribution in [2.24, 2.45) is 0 Å². The molecule has 0 amide bonds. The van der Waals surface area contributed by atoms with E-state index >= 15 is 0 Å².